The van der Waals surface area contributed by atoms with Crippen molar-refractivity contribution in [2.75, 3.05) is 6.54 Å². The zero-order chi connectivity index (χ0) is 15.6. The number of aliphatic carboxylic acids is 1. The lowest BCUT2D eigenvalue weighted by atomic mass is 9.89. The highest BCUT2D eigenvalue weighted by molar-refractivity contribution is 5.73. The summed E-state index contributed by atoms with van der Waals surface area (Å²) in [6, 6.07) is -0.444. The van der Waals surface area contributed by atoms with E-state index in [0.29, 0.717) is 30.6 Å². The van der Waals surface area contributed by atoms with Crippen LogP contribution < -0.4 is 0 Å². The summed E-state index contributed by atoms with van der Waals surface area (Å²) in [5.41, 5.74) is -0.188. The molecule has 2 rings (SSSR count). The Balaban J connectivity index is 2.07. The highest BCUT2D eigenvalue weighted by Crippen LogP contribution is 2.27. The van der Waals surface area contributed by atoms with Gasteiger partial charge in [0.05, 0.1) is 6.54 Å². The van der Waals surface area contributed by atoms with E-state index in [0.717, 1.165) is 19.4 Å². The van der Waals surface area contributed by atoms with Crippen molar-refractivity contribution in [1.29, 1.82) is 0 Å². The Labute approximate surface area is 125 Å². The molecular formula is C15H25N3O3. The molecule has 2 heterocycles. The van der Waals surface area contributed by atoms with Crippen LogP contribution in [0, 0.1) is 5.92 Å². The molecule has 6 nitrogen and oxygen atoms in total. The number of likely N-dealkylation sites (tertiary alicyclic amines) is 1. The number of nitrogens with zero attached hydrogens (tertiary/aromatic N) is 3. The maximum atomic E-state index is 11.5. The van der Waals surface area contributed by atoms with Gasteiger partial charge in [-0.25, -0.2) is 0 Å². The van der Waals surface area contributed by atoms with E-state index < -0.39 is 12.0 Å². The molecule has 0 aromatic carbocycles. The average molecular weight is 295 g/mol. The number of aromatic nitrogens is 2. The highest BCUT2D eigenvalue weighted by Gasteiger charge is 2.33. The van der Waals surface area contributed by atoms with Crippen LogP contribution >= 0.6 is 0 Å². The predicted octanol–water partition coefficient (Wildman–Crippen LogP) is 2.44. The van der Waals surface area contributed by atoms with Gasteiger partial charge in [-0.05, 0) is 25.3 Å². The maximum Gasteiger partial charge on any atom is 0.320 e. The molecule has 0 amide bonds. The largest absolute Gasteiger partial charge is 0.480 e. The zero-order valence-electron chi connectivity index (χ0n) is 13.3. The summed E-state index contributed by atoms with van der Waals surface area (Å²) in [5, 5.41) is 13.4. The standard InChI is InChI=1S/C15H25N3O3/c1-5-10-6-7-18(11(8-10)13(19)20)9-12-16-14(21-17-12)15(2,3)4/h10-11H,5-9H2,1-4H3,(H,19,20). The van der Waals surface area contributed by atoms with Crippen molar-refractivity contribution in [1.82, 2.24) is 15.0 Å². The van der Waals surface area contributed by atoms with Crippen LogP contribution in [0.5, 0.6) is 0 Å². The van der Waals surface area contributed by atoms with Gasteiger partial charge in [-0.15, -0.1) is 0 Å². The molecule has 1 N–H and O–H groups in total. The van der Waals surface area contributed by atoms with Gasteiger partial charge >= 0.3 is 5.97 Å². The van der Waals surface area contributed by atoms with Crippen LogP contribution in [-0.4, -0.2) is 38.7 Å². The molecule has 1 aliphatic rings. The molecule has 1 aliphatic heterocycles. The molecule has 2 unspecified atom stereocenters. The van der Waals surface area contributed by atoms with Gasteiger partial charge in [0.15, 0.2) is 5.82 Å². The number of hydrogen-bond donors (Lipinski definition) is 1. The van der Waals surface area contributed by atoms with E-state index in [2.05, 4.69) is 17.1 Å². The van der Waals surface area contributed by atoms with E-state index in [1.807, 2.05) is 25.7 Å². The molecule has 0 aliphatic carbocycles. The molecule has 21 heavy (non-hydrogen) atoms. The Morgan fingerprint density at radius 2 is 2.19 bits per heavy atom. The summed E-state index contributed by atoms with van der Waals surface area (Å²) in [6.07, 6.45) is 2.77. The van der Waals surface area contributed by atoms with Gasteiger partial charge in [-0.1, -0.05) is 39.3 Å². The van der Waals surface area contributed by atoms with E-state index in [1.54, 1.807) is 0 Å². The topological polar surface area (TPSA) is 79.5 Å². The molecule has 0 radical (unpaired) electrons. The van der Waals surface area contributed by atoms with Crippen molar-refractivity contribution < 1.29 is 14.4 Å². The Kier molecular flexibility index (Phi) is 4.66. The Morgan fingerprint density at radius 1 is 1.48 bits per heavy atom. The Bertz CT molecular complexity index is 493. The fourth-order valence-electron chi connectivity index (χ4n) is 2.71. The van der Waals surface area contributed by atoms with E-state index in [4.69, 9.17) is 4.52 Å². The quantitative estimate of drug-likeness (QED) is 0.919. The van der Waals surface area contributed by atoms with Crippen molar-refractivity contribution in [3.05, 3.63) is 11.7 Å². The summed E-state index contributed by atoms with van der Waals surface area (Å²) in [5.74, 6) is 0.902. The third-order valence-corrected chi connectivity index (χ3v) is 4.14. The second-order valence-electron chi connectivity index (χ2n) is 6.89. The van der Waals surface area contributed by atoms with Gasteiger partial charge in [0.1, 0.15) is 6.04 Å². The monoisotopic (exact) mass is 295 g/mol. The van der Waals surface area contributed by atoms with Crippen molar-refractivity contribution in [2.24, 2.45) is 5.92 Å². The summed E-state index contributed by atoms with van der Waals surface area (Å²) in [4.78, 5) is 17.8. The molecule has 6 heteroatoms. The number of carbonyl (C=O) groups is 1. The van der Waals surface area contributed by atoms with Crippen LogP contribution in [0.15, 0.2) is 4.52 Å². The molecule has 1 aromatic rings. The molecule has 0 bridgehead atoms. The second-order valence-corrected chi connectivity index (χ2v) is 6.89. The van der Waals surface area contributed by atoms with E-state index in [9.17, 15) is 9.90 Å². The molecule has 1 saturated heterocycles. The van der Waals surface area contributed by atoms with E-state index >= 15 is 0 Å². The van der Waals surface area contributed by atoms with Crippen molar-refractivity contribution >= 4 is 5.97 Å². The van der Waals surface area contributed by atoms with E-state index in [1.165, 1.54) is 0 Å². The predicted molar refractivity (Wildman–Crippen MR) is 77.8 cm³/mol. The lowest BCUT2D eigenvalue weighted by Crippen LogP contribution is -2.46. The molecular weight excluding hydrogens is 270 g/mol. The summed E-state index contributed by atoms with van der Waals surface area (Å²) in [6.45, 7) is 9.36. The number of piperidine rings is 1. The smallest absolute Gasteiger partial charge is 0.320 e. The van der Waals surface area contributed by atoms with Crippen LogP contribution in [0.25, 0.3) is 0 Å². The van der Waals surface area contributed by atoms with Crippen LogP contribution in [0.4, 0.5) is 0 Å². The summed E-state index contributed by atoms with van der Waals surface area (Å²) >= 11 is 0. The molecule has 0 saturated carbocycles. The minimum Gasteiger partial charge on any atom is -0.480 e. The van der Waals surface area contributed by atoms with Gasteiger partial charge in [-0.3, -0.25) is 9.69 Å². The van der Waals surface area contributed by atoms with Gasteiger partial charge < -0.3 is 9.63 Å². The summed E-state index contributed by atoms with van der Waals surface area (Å²) < 4.78 is 5.27. The normalized spacial score (nSPS) is 24.2. The molecule has 118 valence electrons. The average Bonchev–Trinajstić information content (AvgIpc) is 2.87. The molecule has 1 aromatic heterocycles. The second kappa shape index (κ2) is 6.13. The first-order valence-corrected chi connectivity index (χ1v) is 7.61. The SMILES string of the molecule is CCC1CCN(Cc2noc(C(C)(C)C)n2)C(C(=O)O)C1. The van der Waals surface area contributed by atoms with Crippen molar-refractivity contribution in [2.45, 2.75) is 65.0 Å². The minimum atomic E-state index is -0.757. The van der Waals surface area contributed by atoms with E-state index in [-0.39, 0.29) is 5.41 Å². The van der Waals surface area contributed by atoms with Crippen molar-refractivity contribution in [3.63, 3.8) is 0 Å². The maximum absolute atomic E-state index is 11.5. The Morgan fingerprint density at radius 3 is 2.71 bits per heavy atom. The van der Waals surface area contributed by atoms with Crippen LogP contribution in [0.2, 0.25) is 0 Å². The fourth-order valence-corrected chi connectivity index (χ4v) is 2.71. The van der Waals surface area contributed by atoms with Gasteiger partial charge in [0, 0.05) is 5.41 Å². The molecule has 0 spiro atoms. The fraction of sp³-hybridized carbons (Fsp3) is 0.800. The molecule has 2 atom stereocenters. The Hall–Kier alpha value is -1.43. The summed E-state index contributed by atoms with van der Waals surface area (Å²) in [7, 11) is 0. The third kappa shape index (κ3) is 3.81. The first kappa shape index (κ1) is 15.9. The van der Waals surface area contributed by atoms with Gasteiger partial charge in [0.25, 0.3) is 0 Å². The first-order chi connectivity index (χ1) is 9.81. The van der Waals surface area contributed by atoms with Crippen LogP contribution in [-0.2, 0) is 16.8 Å². The van der Waals surface area contributed by atoms with Crippen molar-refractivity contribution in [3.8, 4) is 0 Å². The van der Waals surface area contributed by atoms with Gasteiger partial charge in [0.2, 0.25) is 5.89 Å². The number of carboxylic acids is 1. The highest BCUT2D eigenvalue weighted by atomic mass is 16.5. The van der Waals surface area contributed by atoms with Crippen LogP contribution in [0.3, 0.4) is 0 Å². The third-order valence-electron chi connectivity index (χ3n) is 4.14. The minimum absolute atomic E-state index is 0.188. The number of carboxylic acid groups (broad SMARTS) is 1. The zero-order valence-corrected chi connectivity index (χ0v) is 13.3. The number of rotatable bonds is 4. The van der Waals surface area contributed by atoms with Gasteiger partial charge in [-0.2, -0.15) is 4.98 Å². The lowest BCUT2D eigenvalue weighted by molar-refractivity contribution is -0.145. The molecule has 1 fully saturated rings. The number of hydrogen-bond acceptors (Lipinski definition) is 5. The first-order valence-electron chi connectivity index (χ1n) is 7.61. The lowest BCUT2D eigenvalue weighted by Gasteiger charge is -2.36. The van der Waals surface area contributed by atoms with Crippen LogP contribution in [0.1, 0.15) is 58.7 Å².